The number of carbonyl (C=O) groups excluding carboxylic acids is 1. The van der Waals surface area contributed by atoms with Gasteiger partial charge in [-0.15, -0.1) is 0 Å². The van der Waals surface area contributed by atoms with Crippen molar-refractivity contribution in [2.45, 2.75) is 12.1 Å². The smallest absolute Gasteiger partial charge is 0.266 e. The average molecular weight is 419 g/mol. The molecule has 0 aliphatic rings. The molecule has 0 radical (unpaired) electrons. The van der Waals surface area contributed by atoms with Crippen LogP contribution in [0.3, 0.4) is 0 Å². The second-order valence-corrected chi connectivity index (χ2v) is 7.65. The molecular formula is C23H18FN3O2S. The highest BCUT2D eigenvalue weighted by Gasteiger charge is 2.17. The van der Waals surface area contributed by atoms with Gasteiger partial charge in [-0.3, -0.25) is 14.2 Å². The molecule has 0 aliphatic heterocycles. The van der Waals surface area contributed by atoms with Crippen LogP contribution in [0.1, 0.15) is 5.56 Å². The van der Waals surface area contributed by atoms with Crippen LogP contribution >= 0.6 is 11.8 Å². The van der Waals surface area contributed by atoms with Crippen LogP contribution in [-0.4, -0.2) is 21.2 Å². The van der Waals surface area contributed by atoms with Crippen molar-refractivity contribution in [1.82, 2.24) is 9.55 Å². The third-order valence-corrected chi connectivity index (χ3v) is 5.44. The molecule has 0 saturated carbocycles. The van der Waals surface area contributed by atoms with Crippen molar-refractivity contribution in [3.05, 3.63) is 94.5 Å². The first-order chi connectivity index (χ1) is 14.5. The number of halogens is 1. The lowest BCUT2D eigenvalue weighted by Crippen LogP contribution is -2.23. The standard InChI is InChI=1S/C23H18FN3O2S/c1-15-10-12-16(13-11-15)25-21(28)14-30-23-26-19-8-4-2-6-17(19)22(29)27(23)20-9-5-3-7-18(20)24/h2-13H,14H2,1H3,(H,25,28). The fourth-order valence-electron chi connectivity index (χ4n) is 3.02. The number of amides is 1. The first-order valence-electron chi connectivity index (χ1n) is 9.29. The number of aromatic nitrogens is 2. The summed E-state index contributed by atoms with van der Waals surface area (Å²) in [4.78, 5) is 30.0. The third-order valence-electron chi connectivity index (χ3n) is 4.51. The second kappa shape index (κ2) is 8.51. The molecule has 30 heavy (non-hydrogen) atoms. The summed E-state index contributed by atoms with van der Waals surface area (Å²) in [5.41, 5.74) is 1.99. The molecule has 4 aromatic rings. The molecule has 0 atom stereocenters. The SMILES string of the molecule is Cc1ccc(NC(=O)CSc2nc3ccccc3c(=O)n2-c2ccccc2F)cc1. The van der Waals surface area contributed by atoms with Gasteiger partial charge < -0.3 is 5.32 Å². The van der Waals surface area contributed by atoms with Gasteiger partial charge in [0, 0.05) is 5.69 Å². The van der Waals surface area contributed by atoms with Gasteiger partial charge in [-0.05, 0) is 43.3 Å². The minimum atomic E-state index is -0.539. The Labute approximate surface area is 176 Å². The largest absolute Gasteiger partial charge is 0.325 e. The van der Waals surface area contributed by atoms with Gasteiger partial charge >= 0.3 is 0 Å². The zero-order chi connectivity index (χ0) is 21.1. The van der Waals surface area contributed by atoms with E-state index >= 15 is 0 Å². The van der Waals surface area contributed by atoms with E-state index in [1.807, 2.05) is 31.2 Å². The zero-order valence-corrected chi connectivity index (χ0v) is 16.9. The highest BCUT2D eigenvalue weighted by molar-refractivity contribution is 7.99. The van der Waals surface area contributed by atoms with E-state index in [-0.39, 0.29) is 28.1 Å². The number of hydrogen-bond acceptors (Lipinski definition) is 4. The topological polar surface area (TPSA) is 64.0 Å². The van der Waals surface area contributed by atoms with Crippen LogP contribution < -0.4 is 10.9 Å². The van der Waals surface area contributed by atoms with Crippen LogP contribution in [0.4, 0.5) is 10.1 Å². The molecule has 0 fully saturated rings. The molecule has 7 heteroatoms. The molecule has 0 spiro atoms. The number of nitrogens with one attached hydrogen (secondary N) is 1. The monoisotopic (exact) mass is 419 g/mol. The maximum atomic E-state index is 14.5. The maximum Gasteiger partial charge on any atom is 0.266 e. The first kappa shape index (κ1) is 19.8. The van der Waals surface area contributed by atoms with Crippen molar-refractivity contribution >= 4 is 34.3 Å². The Kier molecular flexibility index (Phi) is 5.63. The molecule has 1 aromatic heterocycles. The van der Waals surface area contributed by atoms with Gasteiger partial charge in [0.25, 0.3) is 5.56 Å². The minimum absolute atomic E-state index is 0.0209. The predicted octanol–water partition coefficient (Wildman–Crippen LogP) is 4.56. The van der Waals surface area contributed by atoms with E-state index in [1.165, 1.54) is 16.7 Å². The highest BCUT2D eigenvalue weighted by atomic mass is 32.2. The van der Waals surface area contributed by atoms with E-state index in [9.17, 15) is 14.0 Å². The Morgan fingerprint density at radius 1 is 1.03 bits per heavy atom. The zero-order valence-electron chi connectivity index (χ0n) is 16.1. The summed E-state index contributed by atoms with van der Waals surface area (Å²) >= 11 is 1.08. The van der Waals surface area contributed by atoms with Crippen LogP contribution in [0.5, 0.6) is 0 Å². The molecule has 150 valence electrons. The summed E-state index contributed by atoms with van der Waals surface area (Å²) in [5, 5.41) is 3.45. The molecule has 0 unspecified atom stereocenters. The van der Waals surface area contributed by atoms with Gasteiger partial charge in [0.1, 0.15) is 5.82 Å². The molecule has 5 nitrogen and oxygen atoms in total. The van der Waals surface area contributed by atoms with E-state index in [2.05, 4.69) is 10.3 Å². The number of carbonyl (C=O) groups is 1. The van der Waals surface area contributed by atoms with E-state index in [0.717, 1.165) is 17.3 Å². The average Bonchev–Trinajstić information content (AvgIpc) is 2.75. The number of benzene rings is 3. The van der Waals surface area contributed by atoms with Crippen LogP contribution in [0.15, 0.2) is 82.7 Å². The van der Waals surface area contributed by atoms with Gasteiger partial charge in [0.2, 0.25) is 5.91 Å². The Morgan fingerprint density at radius 3 is 2.50 bits per heavy atom. The summed E-state index contributed by atoms with van der Waals surface area (Å²) in [6.07, 6.45) is 0. The lowest BCUT2D eigenvalue weighted by atomic mass is 10.2. The molecular weight excluding hydrogens is 401 g/mol. The van der Waals surface area contributed by atoms with Crippen molar-refractivity contribution in [1.29, 1.82) is 0 Å². The Morgan fingerprint density at radius 2 is 1.73 bits per heavy atom. The number of rotatable bonds is 5. The number of para-hydroxylation sites is 2. The number of fused-ring (bicyclic) bond motifs is 1. The molecule has 0 saturated heterocycles. The van der Waals surface area contributed by atoms with Gasteiger partial charge in [-0.2, -0.15) is 0 Å². The normalized spacial score (nSPS) is 10.9. The van der Waals surface area contributed by atoms with Crippen molar-refractivity contribution in [2.24, 2.45) is 0 Å². The molecule has 1 N–H and O–H groups in total. The van der Waals surface area contributed by atoms with Crippen LogP contribution in [-0.2, 0) is 4.79 Å². The summed E-state index contributed by atoms with van der Waals surface area (Å²) < 4.78 is 15.7. The first-order valence-corrected chi connectivity index (χ1v) is 10.3. The number of aryl methyl sites for hydroxylation is 1. The molecule has 1 heterocycles. The predicted molar refractivity (Wildman–Crippen MR) is 118 cm³/mol. The quantitative estimate of drug-likeness (QED) is 0.380. The van der Waals surface area contributed by atoms with Gasteiger partial charge in [-0.1, -0.05) is 53.7 Å². The lowest BCUT2D eigenvalue weighted by molar-refractivity contribution is -0.113. The van der Waals surface area contributed by atoms with Crippen LogP contribution in [0, 0.1) is 12.7 Å². The summed E-state index contributed by atoms with van der Waals surface area (Å²) in [6.45, 7) is 1.97. The van der Waals surface area contributed by atoms with Crippen LogP contribution in [0.25, 0.3) is 16.6 Å². The van der Waals surface area contributed by atoms with Crippen molar-refractivity contribution < 1.29 is 9.18 Å². The molecule has 0 bridgehead atoms. The fraction of sp³-hybridized carbons (Fsp3) is 0.0870. The molecule has 3 aromatic carbocycles. The van der Waals surface area contributed by atoms with E-state index in [0.29, 0.717) is 16.6 Å². The van der Waals surface area contributed by atoms with Crippen LogP contribution in [0.2, 0.25) is 0 Å². The Bertz CT molecular complexity index is 1290. The number of anilines is 1. The Balaban J connectivity index is 1.68. The van der Waals surface area contributed by atoms with Gasteiger partial charge in [-0.25, -0.2) is 9.37 Å². The van der Waals surface area contributed by atoms with E-state index in [1.54, 1.807) is 36.4 Å². The number of thioether (sulfide) groups is 1. The molecule has 4 rings (SSSR count). The second-order valence-electron chi connectivity index (χ2n) is 6.71. The third kappa shape index (κ3) is 4.11. The summed E-state index contributed by atoms with van der Waals surface area (Å²) in [7, 11) is 0. The van der Waals surface area contributed by atoms with Crippen molar-refractivity contribution in [3.63, 3.8) is 0 Å². The van der Waals surface area contributed by atoms with Gasteiger partial charge in [0.05, 0.1) is 22.3 Å². The Hall–Kier alpha value is -3.45. The highest BCUT2D eigenvalue weighted by Crippen LogP contribution is 2.23. The molecule has 0 aliphatic carbocycles. The van der Waals surface area contributed by atoms with Crippen molar-refractivity contribution in [2.75, 3.05) is 11.1 Å². The summed E-state index contributed by atoms with van der Waals surface area (Å²) in [6, 6.07) is 20.4. The van der Waals surface area contributed by atoms with E-state index < -0.39 is 5.82 Å². The molecule has 1 amide bonds. The van der Waals surface area contributed by atoms with Crippen molar-refractivity contribution in [3.8, 4) is 5.69 Å². The van der Waals surface area contributed by atoms with Gasteiger partial charge in [0.15, 0.2) is 5.16 Å². The summed E-state index contributed by atoms with van der Waals surface area (Å²) in [5.74, 6) is -0.762. The lowest BCUT2D eigenvalue weighted by Gasteiger charge is -2.14. The maximum absolute atomic E-state index is 14.5. The van der Waals surface area contributed by atoms with E-state index in [4.69, 9.17) is 0 Å². The fourth-order valence-corrected chi connectivity index (χ4v) is 3.82. The minimum Gasteiger partial charge on any atom is -0.325 e. The number of nitrogens with zero attached hydrogens (tertiary/aromatic N) is 2. The number of hydrogen-bond donors (Lipinski definition) is 1.